The topological polar surface area (TPSA) is 109 Å². The number of phenols is 1. The lowest BCUT2D eigenvalue weighted by molar-refractivity contribution is -0.134. The molecule has 1 atom stereocenters. The summed E-state index contributed by atoms with van der Waals surface area (Å²) in [5.41, 5.74) is 4.21. The molecule has 0 heterocycles. The largest absolute Gasteiger partial charge is 0.504 e. The van der Waals surface area contributed by atoms with Crippen LogP contribution in [0, 0.1) is 11.8 Å². The summed E-state index contributed by atoms with van der Waals surface area (Å²) in [4.78, 5) is 25.4. The molecule has 2 amide bonds. The Morgan fingerprint density at radius 2 is 1.81 bits per heavy atom. The van der Waals surface area contributed by atoms with Crippen LogP contribution >= 0.6 is 0 Å². The molecule has 8 heteroatoms. The van der Waals surface area contributed by atoms with Crippen LogP contribution in [-0.2, 0) is 16.0 Å². The molecule has 0 aliphatic heterocycles. The minimum Gasteiger partial charge on any atom is -0.504 e. The van der Waals surface area contributed by atoms with E-state index < -0.39 is 17.7 Å². The van der Waals surface area contributed by atoms with Gasteiger partial charge in [0.05, 0.1) is 20.4 Å². The molecule has 2 aromatic rings. The van der Waals surface area contributed by atoms with Crippen molar-refractivity contribution in [3.63, 3.8) is 0 Å². The van der Waals surface area contributed by atoms with Crippen molar-refractivity contribution in [3.05, 3.63) is 60.2 Å². The predicted molar refractivity (Wildman–Crippen MR) is 124 cm³/mol. The van der Waals surface area contributed by atoms with Crippen molar-refractivity contribution in [2.75, 3.05) is 19.5 Å². The summed E-state index contributed by atoms with van der Waals surface area (Å²) in [5, 5.41) is 16.9. The van der Waals surface area contributed by atoms with Crippen LogP contribution < -0.4 is 20.2 Å². The molecule has 0 radical (unpaired) electrons. The van der Waals surface area contributed by atoms with Crippen molar-refractivity contribution >= 4 is 23.7 Å². The summed E-state index contributed by atoms with van der Waals surface area (Å²) in [6.45, 7) is 7.24. The van der Waals surface area contributed by atoms with E-state index in [9.17, 15) is 14.7 Å². The quantitative estimate of drug-likeness (QED) is 0.227. The molecule has 1 unspecified atom stereocenters. The maximum Gasteiger partial charge on any atom is 0.252 e. The van der Waals surface area contributed by atoms with Crippen LogP contribution in [0.2, 0.25) is 0 Å². The van der Waals surface area contributed by atoms with Gasteiger partial charge in [-0.3, -0.25) is 9.59 Å². The van der Waals surface area contributed by atoms with Crippen LogP contribution in [0.4, 0.5) is 5.69 Å². The number of ether oxygens (including phenoxy) is 2. The lowest BCUT2D eigenvalue weighted by atomic mass is 9.94. The minimum absolute atomic E-state index is 0.0312. The van der Waals surface area contributed by atoms with E-state index in [0.717, 1.165) is 0 Å². The number of rotatable bonds is 10. The van der Waals surface area contributed by atoms with Gasteiger partial charge < -0.3 is 19.9 Å². The first-order valence-corrected chi connectivity index (χ1v) is 10.1. The normalized spacial score (nSPS) is 11.8. The number of hydrazone groups is 1. The number of aromatic hydroxyl groups is 1. The number of nitrogens with one attached hydrogen (secondary N) is 2. The number of carbonyl (C=O) groups excluding carboxylic acids is 2. The number of carbonyl (C=O) groups is 2. The first-order chi connectivity index (χ1) is 15.3. The molecule has 2 aromatic carbocycles. The number of amides is 2. The third-order valence-corrected chi connectivity index (χ3v) is 4.74. The highest BCUT2D eigenvalue weighted by Gasteiger charge is 2.30. The van der Waals surface area contributed by atoms with Crippen LogP contribution in [0.1, 0.15) is 25.0 Å². The first kappa shape index (κ1) is 24.5. The van der Waals surface area contributed by atoms with Crippen molar-refractivity contribution < 1.29 is 24.2 Å². The molecule has 0 bridgehead atoms. The summed E-state index contributed by atoms with van der Waals surface area (Å²) in [7, 11) is 3.01. The highest BCUT2D eigenvalue weighted by molar-refractivity contribution is 6.06. The molecule has 0 fully saturated rings. The van der Waals surface area contributed by atoms with Crippen LogP contribution in [0.25, 0.3) is 0 Å². The van der Waals surface area contributed by atoms with Gasteiger partial charge in [-0.25, -0.2) is 5.43 Å². The average molecular weight is 440 g/mol. The molecule has 0 aromatic heterocycles. The fraction of sp³-hybridized carbons (Fsp3) is 0.292. The van der Waals surface area contributed by atoms with E-state index in [1.54, 1.807) is 63.4 Å². The fourth-order valence-corrected chi connectivity index (χ4v) is 3.09. The van der Waals surface area contributed by atoms with Gasteiger partial charge in [-0.2, -0.15) is 5.10 Å². The Balaban J connectivity index is 2.10. The molecule has 170 valence electrons. The number of phenolic OH excluding ortho intramolecular Hbond substituents is 1. The van der Waals surface area contributed by atoms with Crippen molar-refractivity contribution in [2.45, 2.75) is 20.3 Å². The van der Waals surface area contributed by atoms with Gasteiger partial charge in [0.1, 0.15) is 11.7 Å². The second kappa shape index (κ2) is 11.5. The number of hydrogen-bond acceptors (Lipinski definition) is 6. The van der Waals surface area contributed by atoms with E-state index in [1.165, 1.54) is 13.3 Å². The molecule has 8 nitrogen and oxygen atoms in total. The number of methoxy groups -OCH3 is 2. The Kier molecular flexibility index (Phi) is 8.83. The number of hydrogen-bond donors (Lipinski definition) is 3. The number of allylic oxidation sites excluding steroid dienone is 1. The van der Waals surface area contributed by atoms with Crippen molar-refractivity contribution in [2.24, 2.45) is 16.9 Å². The van der Waals surface area contributed by atoms with Crippen LogP contribution in [0.3, 0.4) is 0 Å². The Bertz CT molecular complexity index is 984. The number of benzene rings is 2. The molecule has 0 aliphatic carbocycles. The Labute approximate surface area is 187 Å². The molecule has 2 rings (SSSR count). The smallest absolute Gasteiger partial charge is 0.252 e. The average Bonchev–Trinajstić information content (AvgIpc) is 2.76. The Hall–Kier alpha value is -3.81. The monoisotopic (exact) mass is 439 g/mol. The third kappa shape index (κ3) is 6.34. The molecular formula is C24H29N3O5. The van der Waals surface area contributed by atoms with Crippen LogP contribution in [-0.4, -0.2) is 37.4 Å². The van der Waals surface area contributed by atoms with Gasteiger partial charge >= 0.3 is 0 Å². The van der Waals surface area contributed by atoms with Gasteiger partial charge in [0.2, 0.25) is 5.91 Å². The standard InChI is InChI=1S/C24H29N3O5/c1-6-7-17-12-16(13-20(32-5)22(17)28)14-25-27-24(30)21(15(2)3)23(29)26-18-8-10-19(31-4)11-9-18/h6,8-15,21,28H,1,7H2,2-5H3,(H,26,29)(H,27,30). The summed E-state index contributed by atoms with van der Waals surface area (Å²) in [6.07, 6.45) is 3.52. The van der Waals surface area contributed by atoms with Crippen molar-refractivity contribution in [1.29, 1.82) is 0 Å². The van der Waals surface area contributed by atoms with E-state index in [4.69, 9.17) is 9.47 Å². The lowest BCUT2D eigenvalue weighted by Gasteiger charge is -2.18. The SMILES string of the molecule is C=CCc1cc(C=NNC(=O)C(C(=O)Nc2ccc(OC)cc2)C(C)C)cc(OC)c1O. The second-order valence-electron chi connectivity index (χ2n) is 7.40. The van der Waals surface area contributed by atoms with E-state index in [-0.39, 0.29) is 17.4 Å². The van der Waals surface area contributed by atoms with E-state index in [0.29, 0.717) is 29.0 Å². The van der Waals surface area contributed by atoms with E-state index >= 15 is 0 Å². The summed E-state index contributed by atoms with van der Waals surface area (Å²) < 4.78 is 10.3. The van der Waals surface area contributed by atoms with Gasteiger partial charge in [-0.05, 0) is 54.3 Å². The van der Waals surface area contributed by atoms with E-state index in [1.807, 2.05) is 0 Å². The van der Waals surface area contributed by atoms with Gasteiger partial charge in [-0.1, -0.05) is 19.9 Å². The summed E-state index contributed by atoms with van der Waals surface area (Å²) in [5.74, 6) is -1.18. The first-order valence-electron chi connectivity index (χ1n) is 10.1. The number of nitrogens with zero attached hydrogens (tertiary/aromatic N) is 1. The van der Waals surface area contributed by atoms with E-state index in [2.05, 4.69) is 22.4 Å². The van der Waals surface area contributed by atoms with Crippen LogP contribution in [0.15, 0.2) is 54.2 Å². The fourth-order valence-electron chi connectivity index (χ4n) is 3.09. The van der Waals surface area contributed by atoms with Crippen LogP contribution in [0.5, 0.6) is 17.2 Å². The van der Waals surface area contributed by atoms with Crippen molar-refractivity contribution in [3.8, 4) is 17.2 Å². The molecule has 3 N–H and O–H groups in total. The second-order valence-corrected chi connectivity index (χ2v) is 7.40. The van der Waals surface area contributed by atoms with Gasteiger partial charge in [0, 0.05) is 11.3 Å². The molecule has 0 saturated carbocycles. The highest BCUT2D eigenvalue weighted by Crippen LogP contribution is 2.31. The Morgan fingerprint density at radius 1 is 1.12 bits per heavy atom. The Morgan fingerprint density at radius 3 is 2.38 bits per heavy atom. The molecule has 0 spiro atoms. The third-order valence-electron chi connectivity index (χ3n) is 4.74. The zero-order valence-electron chi connectivity index (χ0n) is 18.7. The molecule has 0 aliphatic rings. The summed E-state index contributed by atoms with van der Waals surface area (Å²) >= 11 is 0. The van der Waals surface area contributed by atoms with Gasteiger partial charge in [0.15, 0.2) is 11.5 Å². The van der Waals surface area contributed by atoms with Crippen molar-refractivity contribution in [1.82, 2.24) is 5.43 Å². The molecular weight excluding hydrogens is 410 g/mol. The maximum atomic E-state index is 12.7. The van der Waals surface area contributed by atoms with Gasteiger partial charge in [0.25, 0.3) is 5.91 Å². The minimum atomic E-state index is -0.945. The zero-order valence-corrected chi connectivity index (χ0v) is 18.7. The number of anilines is 1. The molecule has 32 heavy (non-hydrogen) atoms. The highest BCUT2D eigenvalue weighted by atomic mass is 16.5. The predicted octanol–water partition coefficient (Wildman–Crippen LogP) is 3.50. The maximum absolute atomic E-state index is 12.7. The van der Waals surface area contributed by atoms with Gasteiger partial charge in [-0.15, -0.1) is 6.58 Å². The lowest BCUT2D eigenvalue weighted by Crippen LogP contribution is -2.39. The summed E-state index contributed by atoms with van der Waals surface area (Å²) in [6, 6.07) is 10.1. The molecule has 0 saturated heterocycles. The zero-order chi connectivity index (χ0) is 23.7.